The standard InChI is InChI=1S/C27H23NO6/c1-18-23(33-24(29)14-15-28-27(31)32-17-19-8-4-2-5-9-19)13-12-21-22(16-25(30)34-26(18)21)20-10-6-3-7-11-20/h2-13,16H,14-15,17H2,1H3,(H,28,31). The molecule has 0 saturated carbocycles. The third kappa shape index (κ3) is 5.50. The molecule has 1 amide bonds. The number of alkyl carbamates (subject to hydrolysis) is 1. The molecule has 4 rings (SSSR count). The van der Waals surface area contributed by atoms with Crippen molar-refractivity contribution in [1.82, 2.24) is 5.32 Å². The van der Waals surface area contributed by atoms with E-state index in [9.17, 15) is 14.4 Å². The molecule has 7 heteroatoms. The highest BCUT2D eigenvalue weighted by atomic mass is 16.5. The molecule has 1 heterocycles. The second kappa shape index (κ2) is 10.5. The number of carbonyl (C=O) groups is 2. The van der Waals surface area contributed by atoms with Crippen LogP contribution in [0.1, 0.15) is 17.5 Å². The number of fused-ring (bicyclic) bond motifs is 1. The molecular formula is C27H23NO6. The maximum absolute atomic E-state index is 12.3. The summed E-state index contributed by atoms with van der Waals surface area (Å²) in [6, 6.07) is 23.7. The minimum Gasteiger partial charge on any atom is -0.445 e. The zero-order valence-electron chi connectivity index (χ0n) is 18.6. The summed E-state index contributed by atoms with van der Waals surface area (Å²) < 4.78 is 16.0. The molecule has 0 unspecified atom stereocenters. The van der Waals surface area contributed by atoms with Crippen molar-refractivity contribution in [3.05, 3.63) is 100 Å². The number of amides is 1. The van der Waals surface area contributed by atoms with Gasteiger partial charge in [0.05, 0.1) is 6.42 Å². The number of rotatable bonds is 7. The first-order chi connectivity index (χ1) is 16.5. The van der Waals surface area contributed by atoms with Crippen molar-refractivity contribution in [1.29, 1.82) is 0 Å². The monoisotopic (exact) mass is 457 g/mol. The number of ether oxygens (including phenoxy) is 2. The minimum absolute atomic E-state index is 0.0497. The third-order valence-electron chi connectivity index (χ3n) is 5.23. The van der Waals surface area contributed by atoms with Gasteiger partial charge in [0, 0.05) is 23.6 Å². The maximum Gasteiger partial charge on any atom is 0.407 e. The zero-order valence-corrected chi connectivity index (χ0v) is 18.6. The summed E-state index contributed by atoms with van der Waals surface area (Å²) >= 11 is 0. The van der Waals surface area contributed by atoms with Crippen molar-refractivity contribution < 1.29 is 23.5 Å². The molecule has 1 aromatic heterocycles. The first kappa shape index (κ1) is 22.8. The Hall–Kier alpha value is -4.39. The second-order valence-electron chi connectivity index (χ2n) is 7.62. The Morgan fingerprint density at radius 3 is 2.38 bits per heavy atom. The molecule has 0 radical (unpaired) electrons. The van der Waals surface area contributed by atoms with Gasteiger partial charge in [0.1, 0.15) is 17.9 Å². The lowest BCUT2D eigenvalue weighted by Crippen LogP contribution is -2.27. The summed E-state index contributed by atoms with van der Waals surface area (Å²) in [7, 11) is 0. The number of esters is 1. The van der Waals surface area contributed by atoms with Crippen molar-refractivity contribution in [3.63, 3.8) is 0 Å². The largest absolute Gasteiger partial charge is 0.445 e. The number of aryl methyl sites for hydroxylation is 1. The van der Waals surface area contributed by atoms with Gasteiger partial charge in [-0.05, 0) is 35.7 Å². The highest BCUT2D eigenvalue weighted by molar-refractivity contribution is 5.96. The van der Waals surface area contributed by atoms with E-state index in [2.05, 4.69) is 5.32 Å². The van der Waals surface area contributed by atoms with Crippen LogP contribution >= 0.6 is 0 Å². The summed E-state index contributed by atoms with van der Waals surface area (Å²) in [5.74, 6) is -0.245. The van der Waals surface area contributed by atoms with Gasteiger partial charge >= 0.3 is 17.7 Å². The van der Waals surface area contributed by atoms with Gasteiger partial charge in [0.25, 0.3) is 0 Å². The molecule has 0 aliphatic heterocycles. The second-order valence-corrected chi connectivity index (χ2v) is 7.62. The molecule has 172 valence electrons. The molecule has 1 N–H and O–H groups in total. The molecule has 4 aromatic rings. The fraction of sp³-hybridized carbons (Fsp3) is 0.148. The Morgan fingerprint density at radius 2 is 1.65 bits per heavy atom. The summed E-state index contributed by atoms with van der Waals surface area (Å²) in [5, 5.41) is 3.27. The number of hydrogen-bond donors (Lipinski definition) is 1. The van der Waals surface area contributed by atoms with Crippen LogP contribution in [0.4, 0.5) is 4.79 Å². The van der Waals surface area contributed by atoms with Gasteiger partial charge in [-0.15, -0.1) is 0 Å². The van der Waals surface area contributed by atoms with Crippen LogP contribution < -0.4 is 15.7 Å². The average Bonchev–Trinajstić information content (AvgIpc) is 2.85. The van der Waals surface area contributed by atoms with E-state index >= 15 is 0 Å². The fourth-order valence-corrected chi connectivity index (χ4v) is 3.52. The smallest absolute Gasteiger partial charge is 0.407 e. The van der Waals surface area contributed by atoms with Crippen molar-refractivity contribution in [2.45, 2.75) is 20.0 Å². The van der Waals surface area contributed by atoms with Crippen LogP contribution in [0.3, 0.4) is 0 Å². The quantitative estimate of drug-likeness (QED) is 0.239. The van der Waals surface area contributed by atoms with Crippen molar-refractivity contribution in [3.8, 4) is 16.9 Å². The van der Waals surface area contributed by atoms with Crippen LogP contribution in [-0.2, 0) is 16.1 Å². The molecule has 0 bridgehead atoms. The SMILES string of the molecule is Cc1c(OC(=O)CCNC(=O)OCc2ccccc2)ccc2c(-c3ccccc3)cc(=O)oc12. The van der Waals surface area contributed by atoms with Gasteiger partial charge < -0.3 is 19.2 Å². The van der Waals surface area contributed by atoms with Crippen molar-refractivity contribution in [2.75, 3.05) is 6.54 Å². The van der Waals surface area contributed by atoms with E-state index in [-0.39, 0.29) is 25.3 Å². The van der Waals surface area contributed by atoms with E-state index in [1.54, 1.807) is 19.1 Å². The lowest BCUT2D eigenvalue weighted by atomic mass is 10.0. The summed E-state index contributed by atoms with van der Waals surface area (Å²) in [5.41, 5.74) is 2.90. The van der Waals surface area contributed by atoms with Crippen LogP contribution in [0, 0.1) is 6.92 Å². The van der Waals surface area contributed by atoms with Gasteiger partial charge in [0.15, 0.2) is 0 Å². The number of nitrogens with one attached hydrogen (secondary N) is 1. The minimum atomic E-state index is -0.617. The van der Waals surface area contributed by atoms with Crippen LogP contribution in [0.25, 0.3) is 22.1 Å². The van der Waals surface area contributed by atoms with Gasteiger partial charge in [-0.1, -0.05) is 60.7 Å². The van der Waals surface area contributed by atoms with Crippen LogP contribution in [0.5, 0.6) is 5.75 Å². The zero-order chi connectivity index (χ0) is 23.9. The molecular weight excluding hydrogens is 434 g/mol. The van der Waals surface area contributed by atoms with E-state index in [1.165, 1.54) is 6.07 Å². The predicted octanol–water partition coefficient (Wildman–Crippen LogP) is 4.99. The van der Waals surface area contributed by atoms with E-state index < -0.39 is 17.7 Å². The van der Waals surface area contributed by atoms with Crippen molar-refractivity contribution in [2.24, 2.45) is 0 Å². The molecule has 0 atom stereocenters. The van der Waals surface area contributed by atoms with E-state index in [0.717, 1.165) is 22.1 Å². The van der Waals surface area contributed by atoms with Gasteiger partial charge in [-0.25, -0.2) is 9.59 Å². The summed E-state index contributed by atoms with van der Waals surface area (Å²) in [6.07, 6.45) is -0.667. The molecule has 0 spiro atoms. The number of carbonyl (C=O) groups excluding carboxylic acids is 2. The van der Waals surface area contributed by atoms with E-state index in [4.69, 9.17) is 13.9 Å². The van der Waals surface area contributed by atoms with Crippen LogP contribution in [0.2, 0.25) is 0 Å². The highest BCUT2D eigenvalue weighted by Crippen LogP contribution is 2.33. The predicted molar refractivity (Wildman–Crippen MR) is 128 cm³/mol. The van der Waals surface area contributed by atoms with Crippen molar-refractivity contribution >= 4 is 23.0 Å². The molecule has 3 aromatic carbocycles. The Morgan fingerprint density at radius 1 is 0.941 bits per heavy atom. The lowest BCUT2D eigenvalue weighted by Gasteiger charge is -2.12. The molecule has 34 heavy (non-hydrogen) atoms. The summed E-state index contributed by atoms with van der Waals surface area (Å²) in [4.78, 5) is 36.3. The highest BCUT2D eigenvalue weighted by Gasteiger charge is 2.15. The van der Waals surface area contributed by atoms with Crippen LogP contribution in [0.15, 0.2) is 88.1 Å². The van der Waals surface area contributed by atoms with Crippen LogP contribution in [-0.4, -0.2) is 18.6 Å². The molecule has 7 nitrogen and oxygen atoms in total. The maximum atomic E-state index is 12.3. The number of benzene rings is 3. The topological polar surface area (TPSA) is 94.8 Å². The molecule has 0 fully saturated rings. The Labute approximate surface area is 195 Å². The fourth-order valence-electron chi connectivity index (χ4n) is 3.52. The Kier molecular flexibility index (Phi) is 7.03. The Bertz CT molecular complexity index is 1360. The van der Waals surface area contributed by atoms with Gasteiger partial charge in [-0.3, -0.25) is 4.79 Å². The molecule has 0 aliphatic rings. The average molecular weight is 457 g/mol. The Balaban J connectivity index is 1.38. The van der Waals surface area contributed by atoms with E-state index in [0.29, 0.717) is 11.1 Å². The van der Waals surface area contributed by atoms with E-state index in [1.807, 2.05) is 60.7 Å². The molecule has 0 aliphatic carbocycles. The normalized spacial score (nSPS) is 10.6. The first-order valence-corrected chi connectivity index (χ1v) is 10.8. The lowest BCUT2D eigenvalue weighted by molar-refractivity contribution is -0.134. The van der Waals surface area contributed by atoms with Gasteiger partial charge in [0.2, 0.25) is 0 Å². The molecule has 0 saturated heterocycles. The van der Waals surface area contributed by atoms with Gasteiger partial charge in [-0.2, -0.15) is 0 Å². The number of hydrogen-bond acceptors (Lipinski definition) is 6. The summed E-state index contributed by atoms with van der Waals surface area (Å²) in [6.45, 7) is 1.93. The third-order valence-corrected chi connectivity index (χ3v) is 5.23. The first-order valence-electron chi connectivity index (χ1n) is 10.8.